The van der Waals surface area contributed by atoms with Crippen LogP contribution in [0.15, 0.2) is 67.3 Å². The van der Waals surface area contributed by atoms with Crippen LogP contribution in [0.25, 0.3) is 5.69 Å². The van der Waals surface area contributed by atoms with Crippen molar-refractivity contribution in [2.45, 2.75) is 6.92 Å². The summed E-state index contributed by atoms with van der Waals surface area (Å²) in [6, 6.07) is 14.7. The van der Waals surface area contributed by atoms with Crippen LogP contribution in [-0.2, 0) is 4.79 Å². The van der Waals surface area contributed by atoms with Crippen molar-refractivity contribution in [3.63, 3.8) is 0 Å². The Morgan fingerprint density at radius 3 is 2.48 bits per heavy atom. The Labute approximate surface area is 146 Å². The Hall–Kier alpha value is -3.28. The summed E-state index contributed by atoms with van der Waals surface area (Å²) >= 11 is 0. The van der Waals surface area contributed by atoms with Gasteiger partial charge in [-0.05, 0) is 43.3 Å². The first-order valence-electron chi connectivity index (χ1n) is 7.99. The number of ether oxygens (including phenoxy) is 2. The highest BCUT2D eigenvalue weighted by atomic mass is 16.5. The zero-order chi connectivity index (χ0) is 17.5. The number of amides is 1. The first-order valence-corrected chi connectivity index (χ1v) is 7.99. The number of carbonyl (C=O) groups is 1. The lowest BCUT2D eigenvalue weighted by molar-refractivity contribution is -0.118. The summed E-state index contributed by atoms with van der Waals surface area (Å²) in [5, 5.41) is 2.86. The molecule has 3 rings (SSSR count). The fourth-order valence-electron chi connectivity index (χ4n) is 2.34. The van der Waals surface area contributed by atoms with Crippen LogP contribution >= 0.6 is 0 Å². The van der Waals surface area contributed by atoms with Crippen molar-refractivity contribution in [3.8, 4) is 17.2 Å². The molecule has 1 N–H and O–H groups in total. The fraction of sp³-hybridized carbons (Fsp3) is 0.158. The molecule has 0 bridgehead atoms. The molecule has 0 radical (unpaired) electrons. The van der Waals surface area contributed by atoms with Gasteiger partial charge in [0, 0.05) is 12.4 Å². The third-order valence-corrected chi connectivity index (χ3v) is 3.47. The van der Waals surface area contributed by atoms with Gasteiger partial charge in [0.15, 0.2) is 6.61 Å². The topological polar surface area (TPSA) is 65.4 Å². The Morgan fingerprint density at radius 2 is 1.80 bits per heavy atom. The van der Waals surface area contributed by atoms with Gasteiger partial charge < -0.3 is 19.4 Å². The Kier molecular flexibility index (Phi) is 5.31. The molecule has 2 aromatic carbocycles. The molecule has 0 aliphatic heterocycles. The molecule has 0 saturated heterocycles. The first kappa shape index (κ1) is 16.6. The van der Waals surface area contributed by atoms with E-state index in [2.05, 4.69) is 10.3 Å². The highest BCUT2D eigenvalue weighted by molar-refractivity contribution is 5.93. The number of benzene rings is 2. The first-order chi connectivity index (χ1) is 12.3. The average molecular weight is 337 g/mol. The second-order valence-electron chi connectivity index (χ2n) is 5.23. The molecule has 0 unspecified atom stereocenters. The minimum atomic E-state index is -0.235. The summed E-state index contributed by atoms with van der Waals surface area (Å²) in [4.78, 5) is 16.2. The van der Waals surface area contributed by atoms with Crippen molar-refractivity contribution < 1.29 is 14.3 Å². The highest BCUT2D eigenvalue weighted by Crippen LogP contribution is 2.20. The van der Waals surface area contributed by atoms with E-state index < -0.39 is 0 Å². The highest BCUT2D eigenvalue weighted by Gasteiger charge is 2.08. The molecule has 128 valence electrons. The maximum absolute atomic E-state index is 12.2. The van der Waals surface area contributed by atoms with Gasteiger partial charge in [-0.2, -0.15) is 0 Å². The van der Waals surface area contributed by atoms with Crippen LogP contribution in [0.1, 0.15) is 6.92 Å². The molecule has 6 heteroatoms. The lowest BCUT2D eigenvalue weighted by Gasteiger charge is -2.12. The van der Waals surface area contributed by atoms with Crippen LogP contribution in [0, 0.1) is 0 Å². The summed E-state index contributed by atoms with van der Waals surface area (Å²) in [6.45, 7) is 2.46. The molecule has 0 aliphatic rings. The SMILES string of the molecule is CCOc1ccc(OCC(=O)Nc2ccccc2-n2ccnc2)cc1. The monoisotopic (exact) mass is 337 g/mol. The summed E-state index contributed by atoms with van der Waals surface area (Å²) in [5.74, 6) is 1.15. The van der Waals surface area contributed by atoms with Crippen molar-refractivity contribution in [1.29, 1.82) is 0 Å². The number of rotatable bonds is 7. The van der Waals surface area contributed by atoms with E-state index in [0.29, 0.717) is 18.0 Å². The Morgan fingerprint density at radius 1 is 1.08 bits per heavy atom. The quantitative estimate of drug-likeness (QED) is 0.718. The molecule has 1 amide bonds. The molecule has 1 heterocycles. The van der Waals surface area contributed by atoms with Gasteiger partial charge >= 0.3 is 0 Å². The van der Waals surface area contributed by atoms with Crippen LogP contribution in [0.3, 0.4) is 0 Å². The van der Waals surface area contributed by atoms with Crippen LogP contribution in [-0.4, -0.2) is 28.7 Å². The van der Waals surface area contributed by atoms with Gasteiger partial charge in [0.25, 0.3) is 5.91 Å². The van der Waals surface area contributed by atoms with E-state index >= 15 is 0 Å². The number of nitrogens with zero attached hydrogens (tertiary/aromatic N) is 2. The minimum Gasteiger partial charge on any atom is -0.494 e. The summed E-state index contributed by atoms with van der Waals surface area (Å²) < 4.78 is 12.7. The van der Waals surface area contributed by atoms with Gasteiger partial charge in [0.05, 0.1) is 24.3 Å². The summed E-state index contributed by atoms with van der Waals surface area (Å²) in [5.41, 5.74) is 1.54. The van der Waals surface area contributed by atoms with Gasteiger partial charge in [0.1, 0.15) is 11.5 Å². The number of imidazole rings is 1. The molecule has 25 heavy (non-hydrogen) atoms. The van der Waals surface area contributed by atoms with E-state index in [0.717, 1.165) is 11.4 Å². The lowest BCUT2D eigenvalue weighted by Crippen LogP contribution is -2.21. The number of hydrogen-bond donors (Lipinski definition) is 1. The van der Waals surface area contributed by atoms with Gasteiger partial charge in [0.2, 0.25) is 0 Å². The van der Waals surface area contributed by atoms with E-state index in [9.17, 15) is 4.79 Å². The van der Waals surface area contributed by atoms with Crippen LogP contribution in [0.5, 0.6) is 11.5 Å². The number of hydrogen-bond acceptors (Lipinski definition) is 4. The zero-order valence-electron chi connectivity index (χ0n) is 13.9. The van der Waals surface area contributed by atoms with Gasteiger partial charge in [-0.1, -0.05) is 12.1 Å². The number of aromatic nitrogens is 2. The maximum atomic E-state index is 12.2. The molecule has 0 aliphatic carbocycles. The van der Waals surface area contributed by atoms with Crippen LogP contribution in [0.4, 0.5) is 5.69 Å². The van der Waals surface area contributed by atoms with Gasteiger partial charge in [-0.3, -0.25) is 4.79 Å². The van der Waals surface area contributed by atoms with E-state index in [1.165, 1.54) is 0 Å². The van der Waals surface area contributed by atoms with Gasteiger partial charge in [-0.25, -0.2) is 4.98 Å². The van der Waals surface area contributed by atoms with Crippen molar-refractivity contribution in [2.24, 2.45) is 0 Å². The average Bonchev–Trinajstić information content (AvgIpc) is 3.16. The van der Waals surface area contributed by atoms with Crippen molar-refractivity contribution in [2.75, 3.05) is 18.5 Å². The molecule has 6 nitrogen and oxygen atoms in total. The lowest BCUT2D eigenvalue weighted by atomic mass is 10.2. The molecule has 0 fully saturated rings. The third kappa shape index (κ3) is 4.38. The molecular weight excluding hydrogens is 318 g/mol. The molecule has 0 saturated carbocycles. The number of nitrogens with one attached hydrogen (secondary N) is 1. The van der Waals surface area contributed by atoms with Crippen molar-refractivity contribution >= 4 is 11.6 Å². The maximum Gasteiger partial charge on any atom is 0.262 e. The van der Waals surface area contributed by atoms with Crippen LogP contribution < -0.4 is 14.8 Å². The van der Waals surface area contributed by atoms with Gasteiger partial charge in [-0.15, -0.1) is 0 Å². The number of carbonyl (C=O) groups excluding carboxylic acids is 1. The van der Waals surface area contributed by atoms with Crippen molar-refractivity contribution in [3.05, 3.63) is 67.3 Å². The molecule has 3 aromatic rings. The Balaban J connectivity index is 1.60. The van der Waals surface area contributed by atoms with Crippen molar-refractivity contribution in [1.82, 2.24) is 9.55 Å². The summed E-state index contributed by atoms with van der Waals surface area (Å²) in [6.07, 6.45) is 5.19. The largest absolute Gasteiger partial charge is 0.494 e. The number of para-hydroxylation sites is 2. The predicted molar refractivity (Wildman–Crippen MR) is 95.3 cm³/mol. The molecular formula is C19H19N3O3. The van der Waals surface area contributed by atoms with E-state index in [1.807, 2.05) is 54.1 Å². The second-order valence-corrected chi connectivity index (χ2v) is 5.23. The fourth-order valence-corrected chi connectivity index (χ4v) is 2.34. The molecule has 1 aromatic heterocycles. The minimum absolute atomic E-state index is 0.0771. The smallest absolute Gasteiger partial charge is 0.262 e. The predicted octanol–water partition coefficient (Wildman–Crippen LogP) is 3.29. The standard InChI is InChI=1S/C19H19N3O3/c1-2-24-15-7-9-16(10-8-15)25-13-19(23)21-17-5-3-4-6-18(17)22-12-11-20-14-22/h3-12,14H,2,13H2,1H3,(H,21,23). The molecule has 0 spiro atoms. The normalized spacial score (nSPS) is 10.3. The number of anilines is 1. The third-order valence-electron chi connectivity index (χ3n) is 3.47. The Bertz CT molecular complexity index is 814. The summed E-state index contributed by atoms with van der Waals surface area (Å²) in [7, 11) is 0. The molecule has 0 atom stereocenters. The zero-order valence-corrected chi connectivity index (χ0v) is 13.9. The van der Waals surface area contributed by atoms with E-state index in [1.54, 1.807) is 24.7 Å². The van der Waals surface area contributed by atoms with E-state index in [4.69, 9.17) is 9.47 Å². The van der Waals surface area contributed by atoms with E-state index in [-0.39, 0.29) is 12.5 Å². The van der Waals surface area contributed by atoms with Crippen LogP contribution in [0.2, 0.25) is 0 Å². The second kappa shape index (κ2) is 8.01.